The molecule has 0 amide bonds. The van der Waals surface area contributed by atoms with E-state index in [4.69, 9.17) is 22.1 Å². The molecule has 0 atom stereocenters. The van der Waals surface area contributed by atoms with E-state index in [9.17, 15) is 4.79 Å². The van der Waals surface area contributed by atoms with Crippen LogP contribution in [0.1, 0.15) is 5.56 Å². The number of ether oxygens (including phenoxy) is 1. The lowest BCUT2D eigenvalue weighted by molar-refractivity contribution is 0.415. The molecule has 0 aliphatic heterocycles. The summed E-state index contributed by atoms with van der Waals surface area (Å²) < 4.78 is 5.06. The summed E-state index contributed by atoms with van der Waals surface area (Å²) in [7, 11) is 1.54. The maximum atomic E-state index is 11.6. The first-order valence-corrected chi connectivity index (χ1v) is 5.65. The smallest absolute Gasteiger partial charge is 0.255 e. The Morgan fingerprint density at radius 2 is 2.28 bits per heavy atom. The molecule has 1 aromatic heterocycles. The van der Waals surface area contributed by atoms with Crippen LogP contribution in [0.5, 0.6) is 5.75 Å². The number of hydrogen-bond donors (Lipinski definition) is 2. The van der Waals surface area contributed by atoms with Crippen LogP contribution in [0, 0.1) is 0 Å². The largest absolute Gasteiger partial charge is 0.495 e. The van der Waals surface area contributed by atoms with Crippen molar-refractivity contribution in [2.45, 2.75) is 6.54 Å². The number of methoxy groups -OCH3 is 1. The fourth-order valence-corrected chi connectivity index (χ4v) is 1.78. The molecule has 2 rings (SSSR count). The summed E-state index contributed by atoms with van der Waals surface area (Å²) in [4.78, 5) is 18.4. The van der Waals surface area contributed by atoms with Crippen LogP contribution >= 0.6 is 11.6 Å². The van der Waals surface area contributed by atoms with Crippen LogP contribution in [0.4, 0.5) is 0 Å². The molecule has 0 saturated heterocycles. The van der Waals surface area contributed by atoms with Gasteiger partial charge in [0.2, 0.25) is 0 Å². The zero-order chi connectivity index (χ0) is 13.1. The van der Waals surface area contributed by atoms with Crippen molar-refractivity contribution in [3.63, 3.8) is 0 Å². The Hall–Kier alpha value is -1.85. The van der Waals surface area contributed by atoms with Gasteiger partial charge in [0.05, 0.1) is 12.1 Å². The molecule has 0 aliphatic rings. The number of rotatable bonds is 3. The number of halogens is 1. The summed E-state index contributed by atoms with van der Waals surface area (Å²) in [6.07, 6.45) is 1.46. The highest BCUT2D eigenvalue weighted by Crippen LogP contribution is 2.28. The standard InChI is InChI=1S/C12H12ClN3O2/c1-18-10-3-2-7(4-9(10)13)11-15-6-8(5-14)12(17)16-11/h2-4,6H,5,14H2,1H3,(H,15,16,17). The predicted molar refractivity (Wildman–Crippen MR) is 69.7 cm³/mol. The van der Waals surface area contributed by atoms with Gasteiger partial charge in [-0.05, 0) is 18.2 Å². The fourth-order valence-electron chi connectivity index (χ4n) is 1.53. The SMILES string of the molecule is COc1ccc(-c2ncc(CN)c(=O)[nH]2)cc1Cl. The van der Waals surface area contributed by atoms with Crippen molar-refractivity contribution in [3.8, 4) is 17.1 Å². The lowest BCUT2D eigenvalue weighted by Crippen LogP contribution is -2.17. The molecule has 0 saturated carbocycles. The number of aromatic amines is 1. The molecule has 1 aromatic carbocycles. The van der Waals surface area contributed by atoms with Crippen LogP contribution in [0.15, 0.2) is 29.2 Å². The minimum Gasteiger partial charge on any atom is -0.495 e. The molecule has 94 valence electrons. The van der Waals surface area contributed by atoms with Crippen LogP contribution in [0.3, 0.4) is 0 Å². The summed E-state index contributed by atoms with van der Waals surface area (Å²) in [5.41, 5.74) is 6.32. The number of nitrogens with two attached hydrogens (primary N) is 1. The Bertz CT molecular complexity index is 625. The molecule has 0 radical (unpaired) electrons. The Morgan fingerprint density at radius 1 is 1.50 bits per heavy atom. The van der Waals surface area contributed by atoms with E-state index in [1.54, 1.807) is 18.2 Å². The van der Waals surface area contributed by atoms with Crippen molar-refractivity contribution in [1.29, 1.82) is 0 Å². The van der Waals surface area contributed by atoms with Crippen molar-refractivity contribution in [2.75, 3.05) is 7.11 Å². The molecule has 18 heavy (non-hydrogen) atoms. The van der Waals surface area contributed by atoms with Crippen LogP contribution in [0.25, 0.3) is 11.4 Å². The number of aromatic nitrogens is 2. The van der Waals surface area contributed by atoms with Gasteiger partial charge in [-0.2, -0.15) is 0 Å². The summed E-state index contributed by atoms with van der Waals surface area (Å²) in [5, 5.41) is 0.459. The normalized spacial score (nSPS) is 10.4. The summed E-state index contributed by atoms with van der Waals surface area (Å²) in [6, 6.07) is 5.17. The molecule has 1 heterocycles. The third kappa shape index (κ3) is 2.37. The average molecular weight is 266 g/mol. The van der Waals surface area contributed by atoms with Gasteiger partial charge in [-0.3, -0.25) is 4.79 Å². The van der Waals surface area contributed by atoms with Crippen molar-refractivity contribution >= 4 is 11.6 Å². The number of nitrogens with zero attached hydrogens (tertiary/aromatic N) is 1. The van der Waals surface area contributed by atoms with Crippen molar-refractivity contribution in [1.82, 2.24) is 9.97 Å². The molecule has 0 unspecified atom stereocenters. The van der Waals surface area contributed by atoms with Crippen molar-refractivity contribution in [3.05, 3.63) is 45.3 Å². The first-order valence-electron chi connectivity index (χ1n) is 5.28. The van der Waals surface area contributed by atoms with E-state index in [1.165, 1.54) is 13.3 Å². The second kappa shape index (κ2) is 5.20. The molecule has 2 aromatic rings. The van der Waals surface area contributed by atoms with E-state index in [-0.39, 0.29) is 12.1 Å². The number of benzene rings is 1. The van der Waals surface area contributed by atoms with E-state index in [0.717, 1.165) is 0 Å². The second-order valence-electron chi connectivity index (χ2n) is 3.64. The topological polar surface area (TPSA) is 81.0 Å². The highest BCUT2D eigenvalue weighted by Gasteiger charge is 2.07. The lowest BCUT2D eigenvalue weighted by Gasteiger charge is -2.06. The Balaban J connectivity index is 2.46. The quantitative estimate of drug-likeness (QED) is 0.882. The fraction of sp³-hybridized carbons (Fsp3) is 0.167. The molecular formula is C12H12ClN3O2. The summed E-state index contributed by atoms with van der Waals surface area (Å²) in [5.74, 6) is 1.02. The number of nitrogens with one attached hydrogen (secondary N) is 1. The van der Waals surface area contributed by atoms with Crippen LogP contribution < -0.4 is 16.0 Å². The Morgan fingerprint density at radius 3 is 2.83 bits per heavy atom. The average Bonchev–Trinajstić information content (AvgIpc) is 2.38. The zero-order valence-corrected chi connectivity index (χ0v) is 10.5. The van der Waals surface area contributed by atoms with Gasteiger partial charge in [0, 0.05) is 23.9 Å². The van der Waals surface area contributed by atoms with E-state index < -0.39 is 0 Å². The molecule has 0 bridgehead atoms. The van der Waals surface area contributed by atoms with Crippen LogP contribution in [-0.2, 0) is 6.54 Å². The third-order valence-electron chi connectivity index (χ3n) is 2.52. The summed E-state index contributed by atoms with van der Waals surface area (Å²) >= 11 is 6.01. The van der Waals surface area contributed by atoms with E-state index in [2.05, 4.69) is 9.97 Å². The van der Waals surface area contributed by atoms with Gasteiger partial charge >= 0.3 is 0 Å². The maximum Gasteiger partial charge on any atom is 0.255 e. The minimum atomic E-state index is -0.241. The Kier molecular flexibility index (Phi) is 3.64. The first-order chi connectivity index (χ1) is 8.65. The minimum absolute atomic E-state index is 0.159. The van der Waals surface area contributed by atoms with Gasteiger partial charge < -0.3 is 15.5 Å². The third-order valence-corrected chi connectivity index (χ3v) is 2.81. The maximum absolute atomic E-state index is 11.6. The predicted octanol–water partition coefficient (Wildman–Crippen LogP) is 1.56. The zero-order valence-electron chi connectivity index (χ0n) is 9.74. The second-order valence-corrected chi connectivity index (χ2v) is 4.05. The number of H-pyrrole nitrogens is 1. The first kappa shape index (κ1) is 12.6. The van der Waals surface area contributed by atoms with Crippen LogP contribution in [-0.4, -0.2) is 17.1 Å². The molecule has 0 aliphatic carbocycles. The van der Waals surface area contributed by atoms with Gasteiger partial charge in [0.1, 0.15) is 11.6 Å². The van der Waals surface area contributed by atoms with Crippen molar-refractivity contribution < 1.29 is 4.74 Å². The van der Waals surface area contributed by atoms with Gasteiger partial charge in [-0.1, -0.05) is 11.6 Å². The van der Waals surface area contributed by atoms with E-state index in [0.29, 0.717) is 27.7 Å². The monoisotopic (exact) mass is 265 g/mol. The molecule has 5 nitrogen and oxygen atoms in total. The molecule has 3 N–H and O–H groups in total. The highest BCUT2D eigenvalue weighted by molar-refractivity contribution is 6.32. The van der Waals surface area contributed by atoms with Gasteiger partial charge in [0.15, 0.2) is 0 Å². The van der Waals surface area contributed by atoms with Gasteiger partial charge in [0.25, 0.3) is 5.56 Å². The number of hydrogen-bond acceptors (Lipinski definition) is 4. The van der Waals surface area contributed by atoms with Gasteiger partial charge in [-0.15, -0.1) is 0 Å². The lowest BCUT2D eigenvalue weighted by atomic mass is 10.2. The van der Waals surface area contributed by atoms with Crippen LogP contribution in [0.2, 0.25) is 5.02 Å². The molecule has 6 heteroatoms. The molecular weight excluding hydrogens is 254 g/mol. The van der Waals surface area contributed by atoms with E-state index in [1.807, 2.05) is 0 Å². The molecule has 0 fully saturated rings. The summed E-state index contributed by atoms with van der Waals surface area (Å²) in [6.45, 7) is 0.159. The highest BCUT2D eigenvalue weighted by atomic mass is 35.5. The Labute approximate surface area is 109 Å². The molecule has 0 spiro atoms. The van der Waals surface area contributed by atoms with E-state index >= 15 is 0 Å². The van der Waals surface area contributed by atoms with Gasteiger partial charge in [-0.25, -0.2) is 4.98 Å². The van der Waals surface area contributed by atoms with Crippen molar-refractivity contribution in [2.24, 2.45) is 5.73 Å².